The van der Waals surface area contributed by atoms with Crippen LogP contribution in [-0.2, 0) is 21.2 Å². The number of carbonyl (C=O) groups is 1. The summed E-state index contributed by atoms with van der Waals surface area (Å²) in [5.74, 6) is -0.212. The monoisotopic (exact) mass is 420 g/mol. The molecule has 150 valence electrons. The molecule has 2 aliphatic rings. The number of fused-ring (bicyclic) bond motifs is 2. The maximum absolute atomic E-state index is 12.9. The Morgan fingerprint density at radius 2 is 2.00 bits per heavy atom. The van der Waals surface area contributed by atoms with E-state index in [0.717, 1.165) is 42.6 Å². The number of nitrogens with zero attached hydrogens (tertiary/aromatic N) is 1. The van der Waals surface area contributed by atoms with Crippen molar-refractivity contribution in [3.05, 3.63) is 53.4 Å². The molecule has 2 fully saturated rings. The van der Waals surface area contributed by atoms with E-state index in [4.69, 9.17) is 0 Å². The Hall–Kier alpha value is -1.74. The molecule has 4 rings (SSSR count). The van der Waals surface area contributed by atoms with Gasteiger partial charge in [0.15, 0.2) is 0 Å². The van der Waals surface area contributed by atoms with Crippen molar-refractivity contribution in [3.8, 4) is 0 Å². The van der Waals surface area contributed by atoms with Gasteiger partial charge in [-0.3, -0.25) is 4.79 Å². The van der Waals surface area contributed by atoms with Crippen LogP contribution < -0.4 is 4.72 Å². The van der Waals surface area contributed by atoms with E-state index in [1.54, 1.807) is 11.4 Å². The van der Waals surface area contributed by atoms with Crippen molar-refractivity contribution in [1.82, 2.24) is 9.62 Å². The number of hydrogen-bond donors (Lipinski definition) is 2. The summed E-state index contributed by atoms with van der Waals surface area (Å²) in [5, 5.41) is 11.9. The number of sulfonamides is 1. The predicted molar refractivity (Wildman–Crippen MR) is 107 cm³/mol. The molecule has 3 atom stereocenters. The van der Waals surface area contributed by atoms with Gasteiger partial charge in [-0.2, -0.15) is 0 Å². The van der Waals surface area contributed by atoms with E-state index in [0.29, 0.717) is 0 Å². The minimum Gasteiger partial charge on any atom is -0.396 e. The van der Waals surface area contributed by atoms with Crippen LogP contribution in [0.2, 0.25) is 0 Å². The van der Waals surface area contributed by atoms with Crippen LogP contribution in [0.3, 0.4) is 0 Å². The van der Waals surface area contributed by atoms with Gasteiger partial charge >= 0.3 is 0 Å². The standard InChI is InChI=1S/C20H24N2O4S2/c23-14-20(11-15-5-2-1-3-6-15)12-16-8-9-17(20)22(16)18(24)13-21-28(25,26)19-7-4-10-27-19/h1-7,10,16-17,21,23H,8-9,11-14H2/t16-,17+,20-/m1/s1. The van der Waals surface area contributed by atoms with Gasteiger partial charge in [-0.05, 0) is 42.7 Å². The molecular formula is C20H24N2O4S2. The van der Waals surface area contributed by atoms with Crippen molar-refractivity contribution in [2.75, 3.05) is 13.2 Å². The maximum Gasteiger partial charge on any atom is 0.250 e. The SMILES string of the molecule is O=C(CNS(=O)(=O)c1cccs1)N1[C@@H]2CC[C@H]1[C@](CO)(Cc1ccccc1)C2. The Bertz CT molecular complexity index is 930. The van der Waals surface area contributed by atoms with E-state index in [1.165, 1.54) is 6.07 Å². The molecule has 1 aromatic heterocycles. The lowest BCUT2D eigenvalue weighted by Crippen LogP contribution is -2.46. The molecule has 2 saturated heterocycles. The van der Waals surface area contributed by atoms with Crippen LogP contribution in [0.1, 0.15) is 24.8 Å². The zero-order valence-electron chi connectivity index (χ0n) is 15.5. The van der Waals surface area contributed by atoms with Gasteiger partial charge in [0.2, 0.25) is 5.91 Å². The van der Waals surface area contributed by atoms with E-state index >= 15 is 0 Å². The number of carbonyl (C=O) groups excluding carboxylic acids is 1. The van der Waals surface area contributed by atoms with Crippen molar-refractivity contribution in [2.45, 2.75) is 42.0 Å². The van der Waals surface area contributed by atoms with Gasteiger partial charge in [0.25, 0.3) is 10.0 Å². The summed E-state index contributed by atoms with van der Waals surface area (Å²) in [5.41, 5.74) is 0.793. The number of amides is 1. The van der Waals surface area contributed by atoms with Crippen molar-refractivity contribution in [2.24, 2.45) is 5.41 Å². The Balaban J connectivity index is 1.47. The Labute approximate surface area is 169 Å². The van der Waals surface area contributed by atoms with Gasteiger partial charge in [-0.25, -0.2) is 13.1 Å². The molecule has 0 unspecified atom stereocenters. The molecule has 8 heteroatoms. The average molecular weight is 421 g/mol. The van der Waals surface area contributed by atoms with Crippen molar-refractivity contribution < 1.29 is 18.3 Å². The van der Waals surface area contributed by atoms with Crippen LogP contribution in [0, 0.1) is 5.41 Å². The first-order valence-electron chi connectivity index (χ1n) is 9.44. The summed E-state index contributed by atoms with van der Waals surface area (Å²) in [4.78, 5) is 14.7. The molecule has 2 aromatic rings. The van der Waals surface area contributed by atoms with Crippen LogP contribution in [0.25, 0.3) is 0 Å². The van der Waals surface area contributed by atoms with Gasteiger partial charge in [-0.15, -0.1) is 11.3 Å². The van der Waals surface area contributed by atoms with Gasteiger partial charge in [0.1, 0.15) is 4.21 Å². The highest BCUT2D eigenvalue weighted by molar-refractivity contribution is 7.91. The molecule has 2 bridgehead atoms. The van der Waals surface area contributed by atoms with Gasteiger partial charge in [0, 0.05) is 17.5 Å². The van der Waals surface area contributed by atoms with Crippen LogP contribution in [0.15, 0.2) is 52.1 Å². The number of aliphatic hydroxyl groups is 1. The molecular weight excluding hydrogens is 396 g/mol. The molecule has 2 N–H and O–H groups in total. The average Bonchev–Trinajstić information content (AvgIpc) is 3.43. The maximum atomic E-state index is 12.9. The zero-order valence-corrected chi connectivity index (χ0v) is 17.1. The summed E-state index contributed by atoms with van der Waals surface area (Å²) >= 11 is 1.12. The van der Waals surface area contributed by atoms with Crippen molar-refractivity contribution in [3.63, 3.8) is 0 Å². The summed E-state index contributed by atoms with van der Waals surface area (Å²) in [6.45, 7) is -0.228. The highest BCUT2D eigenvalue weighted by atomic mass is 32.2. The number of nitrogens with one attached hydrogen (secondary N) is 1. The fourth-order valence-corrected chi connectivity index (χ4v) is 6.83. The molecule has 1 amide bonds. The second-order valence-corrected chi connectivity index (χ2v) is 10.6. The van der Waals surface area contributed by atoms with Crippen LogP contribution in [0.4, 0.5) is 0 Å². The predicted octanol–water partition coefficient (Wildman–Crippen LogP) is 2.01. The summed E-state index contributed by atoms with van der Waals surface area (Å²) in [7, 11) is -3.67. The molecule has 0 aliphatic carbocycles. The smallest absolute Gasteiger partial charge is 0.250 e. The van der Waals surface area contributed by atoms with Gasteiger partial charge < -0.3 is 10.0 Å². The van der Waals surface area contributed by atoms with E-state index in [1.807, 2.05) is 35.2 Å². The molecule has 0 spiro atoms. The second kappa shape index (κ2) is 7.59. The molecule has 1 aromatic carbocycles. The molecule has 28 heavy (non-hydrogen) atoms. The summed E-state index contributed by atoms with van der Waals surface area (Å²) < 4.78 is 27.2. The number of hydrogen-bond acceptors (Lipinski definition) is 5. The number of rotatable bonds is 7. The summed E-state index contributed by atoms with van der Waals surface area (Å²) in [6, 6.07) is 13.2. The lowest BCUT2D eigenvalue weighted by molar-refractivity contribution is -0.132. The first-order chi connectivity index (χ1) is 13.5. The Kier molecular flexibility index (Phi) is 5.30. The third-order valence-electron chi connectivity index (χ3n) is 6.03. The molecule has 3 heterocycles. The highest BCUT2D eigenvalue weighted by Gasteiger charge is 2.56. The van der Waals surface area contributed by atoms with E-state index in [2.05, 4.69) is 4.72 Å². The van der Waals surface area contributed by atoms with E-state index in [9.17, 15) is 18.3 Å². The highest BCUT2D eigenvalue weighted by Crippen LogP contribution is 2.51. The second-order valence-electron chi connectivity index (χ2n) is 7.69. The largest absolute Gasteiger partial charge is 0.396 e. The third-order valence-corrected chi connectivity index (χ3v) is 8.83. The number of aliphatic hydroxyl groups excluding tert-OH is 1. The first kappa shape index (κ1) is 19.6. The minimum absolute atomic E-state index is 0.0216. The molecule has 0 radical (unpaired) electrons. The van der Waals surface area contributed by atoms with E-state index < -0.39 is 10.0 Å². The summed E-state index contributed by atoms with van der Waals surface area (Å²) in [6.07, 6.45) is 3.23. The molecule has 6 nitrogen and oxygen atoms in total. The lowest BCUT2D eigenvalue weighted by Gasteiger charge is -2.36. The topological polar surface area (TPSA) is 86.7 Å². The van der Waals surface area contributed by atoms with Gasteiger partial charge in [-0.1, -0.05) is 36.4 Å². The Morgan fingerprint density at radius 3 is 2.68 bits per heavy atom. The fourth-order valence-electron chi connectivity index (χ4n) is 4.82. The zero-order chi connectivity index (χ0) is 19.8. The van der Waals surface area contributed by atoms with Gasteiger partial charge in [0.05, 0.1) is 13.2 Å². The number of benzene rings is 1. The normalized spacial score (nSPS) is 26.7. The minimum atomic E-state index is -3.67. The first-order valence-corrected chi connectivity index (χ1v) is 11.8. The quantitative estimate of drug-likeness (QED) is 0.717. The molecule has 2 aliphatic heterocycles. The van der Waals surface area contributed by atoms with Crippen LogP contribution >= 0.6 is 11.3 Å². The van der Waals surface area contributed by atoms with Crippen LogP contribution in [-0.4, -0.2) is 49.6 Å². The van der Waals surface area contributed by atoms with E-state index in [-0.39, 0.29) is 40.8 Å². The number of thiophene rings is 1. The van der Waals surface area contributed by atoms with Crippen molar-refractivity contribution >= 4 is 27.3 Å². The molecule has 0 saturated carbocycles. The van der Waals surface area contributed by atoms with Crippen molar-refractivity contribution in [1.29, 1.82) is 0 Å². The fraction of sp³-hybridized carbons (Fsp3) is 0.450. The Morgan fingerprint density at radius 1 is 1.21 bits per heavy atom. The third kappa shape index (κ3) is 3.50. The van der Waals surface area contributed by atoms with Crippen LogP contribution in [0.5, 0.6) is 0 Å². The lowest BCUT2D eigenvalue weighted by atomic mass is 9.70.